The first kappa shape index (κ1) is 24.8. The molecule has 2 amide bonds. The van der Waals surface area contributed by atoms with Gasteiger partial charge < -0.3 is 15.2 Å². The highest BCUT2D eigenvalue weighted by atomic mass is 35.5. The molecule has 3 aromatic rings. The van der Waals surface area contributed by atoms with Crippen LogP contribution in [0.2, 0.25) is 10.0 Å². The molecule has 2 aromatic carbocycles. The fraction of sp³-hybridized carbons (Fsp3) is 0.217. The number of aromatic nitrogens is 3. The van der Waals surface area contributed by atoms with Crippen LogP contribution >= 0.6 is 35.0 Å². The molecular weight excluding hydrogens is 481 g/mol. The number of rotatable bonds is 9. The van der Waals surface area contributed by atoms with Crippen molar-refractivity contribution in [2.75, 3.05) is 11.1 Å². The predicted molar refractivity (Wildman–Crippen MR) is 133 cm³/mol. The molecule has 1 aromatic heterocycles. The van der Waals surface area contributed by atoms with Gasteiger partial charge in [0, 0.05) is 17.8 Å². The van der Waals surface area contributed by atoms with Gasteiger partial charge in [0.1, 0.15) is 0 Å². The van der Waals surface area contributed by atoms with E-state index >= 15 is 0 Å². The van der Waals surface area contributed by atoms with Gasteiger partial charge in [0.15, 0.2) is 11.0 Å². The molecule has 0 aliphatic heterocycles. The summed E-state index contributed by atoms with van der Waals surface area (Å²) in [6.45, 7) is 7.99. The van der Waals surface area contributed by atoms with Crippen LogP contribution in [0.5, 0.6) is 0 Å². The van der Waals surface area contributed by atoms with Crippen LogP contribution in [0, 0.1) is 6.92 Å². The van der Waals surface area contributed by atoms with Crippen molar-refractivity contribution >= 4 is 52.5 Å². The second kappa shape index (κ2) is 11.4. The van der Waals surface area contributed by atoms with Crippen LogP contribution in [0.3, 0.4) is 0 Å². The van der Waals surface area contributed by atoms with Gasteiger partial charge in [-0.15, -0.1) is 16.8 Å². The van der Waals surface area contributed by atoms with E-state index in [1.54, 1.807) is 30.3 Å². The largest absolute Gasteiger partial charge is 0.342 e. The highest BCUT2D eigenvalue weighted by Crippen LogP contribution is 2.26. The molecule has 0 aliphatic carbocycles. The molecule has 0 unspecified atom stereocenters. The van der Waals surface area contributed by atoms with E-state index in [0.717, 1.165) is 5.56 Å². The lowest BCUT2D eigenvalue weighted by atomic mass is 10.1. The molecule has 0 bridgehead atoms. The number of amides is 2. The maximum atomic E-state index is 12.6. The summed E-state index contributed by atoms with van der Waals surface area (Å²) in [6.07, 6.45) is 1.71. The van der Waals surface area contributed by atoms with Crippen molar-refractivity contribution in [2.45, 2.75) is 31.6 Å². The summed E-state index contributed by atoms with van der Waals surface area (Å²) in [5.74, 6) is 0.256. The standard InChI is InChI=1S/C23H23Cl2N5O2S/c1-4-10-30-21(15(3)26-22(32)16-7-5-6-14(2)11-16)28-29-23(30)33-13-20(31)27-17-8-9-18(24)19(25)12-17/h4-9,11-12,15H,1,10,13H2,2-3H3,(H,26,32)(H,27,31)/t15-/m0/s1. The van der Waals surface area contributed by atoms with E-state index in [2.05, 4.69) is 27.4 Å². The summed E-state index contributed by atoms with van der Waals surface area (Å²) < 4.78 is 1.82. The maximum absolute atomic E-state index is 12.6. The highest BCUT2D eigenvalue weighted by Gasteiger charge is 2.20. The first-order valence-electron chi connectivity index (χ1n) is 10.1. The number of hydrogen-bond acceptors (Lipinski definition) is 5. The minimum Gasteiger partial charge on any atom is -0.342 e. The van der Waals surface area contributed by atoms with Gasteiger partial charge in [-0.25, -0.2) is 0 Å². The molecule has 0 saturated carbocycles. The highest BCUT2D eigenvalue weighted by molar-refractivity contribution is 7.99. The first-order valence-corrected chi connectivity index (χ1v) is 11.8. The molecule has 1 atom stereocenters. The van der Waals surface area contributed by atoms with E-state index in [4.69, 9.17) is 23.2 Å². The molecule has 2 N–H and O–H groups in total. The van der Waals surface area contributed by atoms with Gasteiger partial charge in [-0.05, 0) is 44.2 Å². The lowest BCUT2D eigenvalue weighted by Gasteiger charge is -2.15. The lowest BCUT2D eigenvalue weighted by molar-refractivity contribution is -0.113. The summed E-state index contributed by atoms with van der Waals surface area (Å²) in [7, 11) is 0. The monoisotopic (exact) mass is 503 g/mol. The molecule has 1 heterocycles. The third-order valence-corrected chi connectivity index (χ3v) is 6.31. The van der Waals surface area contributed by atoms with E-state index in [-0.39, 0.29) is 17.6 Å². The second-order valence-electron chi connectivity index (χ2n) is 7.27. The number of carbonyl (C=O) groups is 2. The van der Waals surface area contributed by atoms with Crippen molar-refractivity contribution in [3.63, 3.8) is 0 Å². The number of carbonyl (C=O) groups excluding carboxylic acids is 2. The van der Waals surface area contributed by atoms with E-state index < -0.39 is 6.04 Å². The number of hydrogen-bond donors (Lipinski definition) is 2. The minimum atomic E-state index is -0.398. The molecule has 0 saturated heterocycles. The maximum Gasteiger partial charge on any atom is 0.251 e. The Morgan fingerprint density at radius 1 is 1.18 bits per heavy atom. The van der Waals surface area contributed by atoms with Crippen LogP contribution < -0.4 is 10.6 Å². The van der Waals surface area contributed by atoms with Crippen molar-refractivity contribution < 1.29 is 9.59 Å². The summed E-state index contributed by atoms with van der Waals surface area (Å²) >= 11 is 13.1. The summed E-state index contributed by atoms with van der Waals surface area (Å²) in [6, 6.07) is 11.8. The average molecular weight is 504 g/mol. The quantitative estimate of drug-likeness (QED) is 0.305. The number of benzene rings is 2. The van der Waals surface area contributed by atoms with E-state index in [1.165, 1.54) is 11.8 Å². The number of halogens is 2. The van der Waals surface area contributed by atoms with Crippen molar-refractivity contribution in [3.8, 4) is 0 Å². The first-order chi connectivity index (χ1) is 15.8. The molecule has 0 spiro atoms. The van der Waals surface area contributed by atoms with Gasteiger partial charge in [-0.2, -0.15) is 0 Å². The van der Waals surface area contributed by atoms with E-state index in [1.807, 2.05) is 36.6 Å². The van der Waals surface area contributed by atoms with Crippen LogP contribution in [0.25, 0.3) is 0 Å². The van der Waals surface area contributed by atoms with Gasteiger partial charge in [0.2, 0.25) is 5.91 Å². The predicted octanol–water partition coefficient (Wildman–Crippen LogP) is 5.30. The molecule has 7 nitrogen and oxygen atoms in total. The van der Waals surface area contributed by atoms with Crippen LogP contribution in [-0.4, -0.2) is 32.3 Å². The SMILES string of the molecule is C=CCn1c(SCC(=O)Nc2ccc(Cl)c(Cl)c2)nnc1[C@H](C)NC(=O)c1cccc(C)c1. The molecule has 172 valence electrons. The van der Waals surface area contributed by atoms with Crippen LogP contribution in [0.1, 0.15) is 34.7 Å². The number of allylic oxidation sites excluding steroid dienone is 1. The Bertz CT molecular complexity index is 1180. The number of nitrogens with zero attached hydrogens (tertiary/aromatic N) is 3. The van der Waals surface area contributed by atoms with Crippen LogP contribution in [0.15, 0.2) is 60.3 Å². The summed E-state index contributed by atoms with van der Waals surface area (Å²) in [5.41, 5.74) is 2.13. The number of aryl methyl sites for hydroxylation is 1. The number of thioether (sulfide) groups is 1. The molecule has 3 rings (SSSR count). The van der Waals surface area contributed by atoms with Gasteiger partial charge in [0.05, 0.1) is 21.8 Å². The van der Waals surface area contributed by atoms with Crippen molar-refractivity contribution in [2.24, 2.45) is 0 Å². The Labute approximate surface area is 206 Å². The molecule has 0 radical (unpaired) electrons. The Morgan fingerprint density at radius 3 is 2.67 bits per heavy atom. The normalized spacial score (nSPS) is 11.6. The Kier molecular flexibility index (Phi) is 8.55. The molecule has 33 heavy (non-hydrogen) atoms. The third kappa shape index (κ3) is 6.60. The van der Waals surface area contributed by atoms with E-state index in [9.17, 15) is 9.59 Å². The zero-order chi connectivity index (χ0) is 24.0. The van der Waals surface area contributed by atoms with Crippen LogP contribution in [0.4, 0.5) is 5.69 Å². The Morgan fingerprint density at radius 2 is 1.97 bits per heavy atom. The van der Waals surface area contributed by atoms with Crippen molar-refractivity contribution in [3.05, 3.63) is 82.1 Å². The fourth-order valence-corrected chi connectivity index (χ4v) is 4.11. The van der Waals surface area contributed by atoms with Crippen molar-refractivity contribution in [1.82, 2.24) is 20.1 Å². The van der Waals surface area contributed by atoms with Gasteiger partial charge >= 0.3 is 0 Å². The minimum absolute atomic E-state index is 0.111. The zero-order valence-electron chi connectivity index (χ0n) is 18.1. The van der Waals surface area contributed by atoms with E-state index in [0.29, 0.717) is 38.8 Å². The topological polar surface area (TPSA) is 88.9 Å². The molecule has 0 fully saturated rings. The van der Waals surface area contributed by atoms with Crippen LogP contribution in [-0.2, 0) is 11.3 Å². The van der Waals surface area contributed by atoms with Gasteiger partial charge in [-0.3, -0.25) is 9.59 Å². The number of nitrogens with one attached hydrogen (secondary N) is 2. The smallest absolute Gasteiger partial charge is 0.251 e. The Balaban J connectivity index is 1.66. The third-order valence-electron chi connectivity index (χ3n) is 4.61. The molecular formula is C23H23Cl2N5O2S. The second-order valence-corrected chi connectivity index (χ2v) is 9.03. The molecule has 0 aliphatic rings. The van der Waals surface area contributed by atoms with Gasteiger partial charge in [-0.1, -0.05) is 58.7 Å². The van der Waals surface area contributed by atoms with Gasteiger partial charge in [0.25, 0.3) is 5.91 Å². The molecule has 10 heteroatoms. The van der Waals surface area contributed by atoms with Crippen molar-refractivity contribution in [1.29, 1.82) is 0 Å². The average Bonchev–Trinajstić information content (AvgIpc) is 3.18. The lowest BCUT2D eigenvalue weighted by Crippen LogP contribution is -2.28. The Hall–Kier alpha value is -2.81. The number of anilines is 1. The zero-order valence-corrected chi connectivity index (χ0v) is 20.5. The fourth-order valence-electron chi connectivity index (χ4n) is 3.06. The summed E-state index contributed by atoms with van der Waals surface area (Å²) in [5, 5.41) is 15.5. The summed E-state index contributed by atoms with van der Waals surface area (Å²) in [4.78, 5) is 25.0.